The zero-order valence-electron chi connectivity index (χ0n) is 8.42. The third-order valence-electron chi connectivity index (χ3n) is 2.24. The molecule has 80 valence electrons. The van der Waals surface area contributed by atoms with Crippen LogP contribution in [-0.4, -0.2) is 16.1 Å². The zero-order valence-corrected chi connectivity index (χ0v) is 8.42. The normalized spacial score (nSPS) is 11.0. The second kappa shape index (κ2) is 4.02. The van der Waals surface area contributed by atoms with Gasteiger partial charge >= 0.3 is 5.97 Å². The number of rotatable bonds is 2. The van der Waals surface area contributed by atoms with Crippen LogP contribution in [0.4, 0.5) is 5.82 Å². The lowest BCUT2D eigenvalue weighted by molar-refractivity contribution is -0.131. The Labute approximate surface area is 92.0 Å². The number of fused-ring (bicyclic) bond motifs is 1. The summed E-state index contributed by atoms with van der Waals surface area (Å²) in [6.07, 6.45) is 4.27. The number of nitrogens with zero attached hydrogens (tertiary/aromatic N) is 1. The molecule has 0 radical (unpaired) electrons. The first kappa shape index (κ1) is 10.2. The predicted molar refractivity (Wildman–Crippen MR) is 62.8 cm³/mol. The van der Waals surface area contributed by atoms with E-state index >= 15 is 0 Å². The lowest BCUT2D eigenvalue weighted by atomic mass is 10.1. The van der Waals surface area contributed by atoms with E-state index in [1.54, 1.807) is 18.3 Å². The molecule has 0 aliphatic rings. The Kier molecular flexibility index (Phi) is 2.55. The summed E-state index contributed by atoms with van der Waals surface area (Å²) in [7, 11) is 0. The molecule has 0 saturated carbocycles. The van der Waals surface area contributed by atoms with Gasteiger partial charge in [-0.15, -0.1) is 0 Å². The Hall–Kier alpha value is -2.36. The average Bonchev–Trinajstić information content (AvgIpc) is 2.26. The molecule has 0 aliphatic carbocycles. The molecule has 0 saturated heterocycles. The topological polar surface area (TPSA) is 76.2 Å². The van der Waals surface area contributed by atoms with Crippen LogP contribution >= 0.6 is 0 Å². The first-order chi connectivity index (χ1) is 7.66. The molecule has 2 rings (SSSR count). The molecule has 16 heavy (non-hydrogen) atoms. The summed E-state index contributed by atoms with van der Waals surface area (Å²) in [4.78, 5) is 14.4. The van der Waals surface area contributed by atoms with Crippen LogP contribution in [-0.2, 0) is 4.79 Å². The van der Waals surface area contributed by atoms with Gasteiger partial charge in [-0.3, -0.25) is 0 Å². The maximum atomic E-state index is 10.4. The number of carbonyl (C=O) groups is 1. The molecule has 0 amide bonds. The van der Waals surface area contributed by atoms with Gasteiger partial charge in [-0.1, -0.05) is 12.1 Å². The third kappa shape index (κ3) is 2.00. The lowest BCUT2D eigenvalue weighted by Crippen LogP contribution is -1.91. The maximum absolute atomic E-state index is 10.4. The maximum Gasteiger partial charge on any atom is 0.328 e. The number of hydrogen-bond acceptors (Lipinski definition) is 3. The molecule has 3 N–H and O–H groups in total. The van der Waals surface area contributed by atoms with Gasteiger partial charge in [0.05, 0.1) is 0 Å². The van der Waals surface area contributed by atoms with Gasteiger partial charge < -0.3 is 10.8 Å². The first-order valence-corrected chi connectivity index (χ1v) is 4.72. The van der Waals surface area contributed by atoms with E-state index in [9.17, 15) is 4.79 Å². The first-order valence-electron chi connectivity index (χ1n) is 4.72. The third-order valence-corrected chi connectivity index (χ3v) is 2.24. The molecule has 2 aromatic rings. The number of nitrogen functional groups attached to an aromatic ring is 1. The van der Waals surface area contributed by atoms with E-state index in [0.717, 1.165) is 22.4 Å². The lowest BCUT2D eigenvalue weighted by Gasteiger charge is -2.01. The Morgan fingerprint density at radius 2 is 2.19 bits per heavy atom. The van der Waals surface area contributed by atoms with Gasteiger partial charge in [0.1, 0.15) is 5.82 Å². The molecule has 4 heteroatoms. The monoisotopic (exact) mass is 214 g/mol. The molecule has 1 aromatic carbocycles. The molecule has 1 heterocycles. The van der Waals surface area contributed by atoms with Crippen LogP contribution in [0.5, 0.6) is 0 Å². The fourth-order valence-electron chi connectivity index (χ4n) is 1.49. The zero-order chi connectivity index (χ0) is 11.5. The Bertz CT molecular complexity index is 576. The summed E-state index contributed by atoms with van der Waals surface area (Å²) >= 11 is 0. The molecule has 0 spiro atoms. The van der Waals surface area contributed by atoms with Crippen LogP contribution in [0.15, 0.2) is 36.5 Å². The Morgan fingerprint density at radius 3 is 2.94 bits per heavy atom. The number of hydrogen-bond donors (Lipinski definition) is 2. The van der Waals surface area contributed by atoms with Crippen molar-refractivity contribution in [3.05, 3.63) is 42.1 Å². The highest BCUT2D eigenvalue weighted by atomic mass is 16.4. The summed E-state index contributed by atoms with van der Waals surface area (Å²) in [6, 6.07) is 7.34. The SMILES string of the molecule is Nc1nccc2cc(C=CC(=O)O)ccc12. The number of benzene rings is 1. The van der Waals surface area contributed by atoms with E-state index in [-0.39, 0.29) is 0 Å². The summed E-state index contributed by atoms with van der Waals surface area (Å²) in [5, 5.41) is 10.3. The molecule has 0 bridgehead atoms. The summed E-state index contributed by atoms with van der Waals surface area (Å²) < 4.78 is 0. The highest BCUT2D eigenvalue weighted by molar-refractivity contribution is 5.93. The molecule has 0 fully saturated rings. The Morgan fingerprint density at radius 1 is 1.38 bits per heavy atom. The second-order valence-electron chi connectivity index (χ2n) is 3.35. The van der Waals surface area contributed by atoms with Crippen LogP contribution in [0.3, 0.4) is 0 Å². The van der Waals surface area contributed by atoms with Gasteiger partial charge in [-0.25, -0.2) is 9.78 Å². The minimum absolute atomic E-state index is 0.478. The largest absolute Gasteiger partial charge is 0.478 e. The van der Waals surface area contributed by atoms with Crippen LogP contribution in [0, 0.1) is 0 Å². The highest BCUT2D eigenvalue weighted by Gasteiger charge is 1.98. The van der Waals surface area contributed by atoms with Crippen LogP contribution in [0.1, 0.15) is 5.56 Å². The summed E-state index contributed by atoms with van der Waals surface area (Å²) in [6.45, 7) is 0. The highest BCUT2D eigenvalue weighted by Crippen LogP contribution is 2.20. The van der Waals surface area contributed by atoms with E-state index < -0.39 is 5.97 Å². The summed E-state index contributed by atoms with van der Waals surface area (Å²) in [5.74, 6) is -0.486. The standard InChI is InChI=1S/C12H10N2O2/c13-12-10-3-1-8(2-4-11(15)16)7-9(10)5-6-14-12/h1-7H,(H2,13,14)(H,15,16). The molecule has 0 aliphatic heterocycles. The van der Waals surface area contributed by atoms with Crippen LogP contribution in [0.2, 0.25) is 0 Å². The van der Waals surface area contributed by atoms with Crippen molar-refractivity contribution in [2.24, 2.45) is 0 Å². The van der Waals surface area contributed by atoms with E-state index in [2.05, 4.69) is 4.98 Å². The minimum Gasteiger partial charge on any atom is -0.478 e. The average molecular weight is 214 g/mol. The molecule has 1 aromatic heterocycles. The minimum atomic E-state index is -0.964. The molecular weight excluding hydrogens is 204 g/mol. The van der Waals surface area contributed by atoms with Crippen LogP contribution in [0.25, 0.3) is 16.8 Å². The number of pyridine rings is 1. The second-order valence-corrected chi connectivity index (χ2v) is 3.35. The van der Waals surface area contributed by atoms with Gasteiger partial charge in [0, 0.05) is 17.7 Å². The van der Waals surface area contributed by atoms with E-state index in [1.165, 1.54) is 0 Å². The van der Waals surface area contributed by atoms with Gasteiger partial charge in [0.15, 0.2) is 0 Å². The predicted octanol–water partition coefficient (Wildman–Crippen LogP) is 1.91. The van der Waals surface area contributed by atoms with Crippen molar-refractivity contribution in [3.8, 4) is 0 Å². The van der Waals surface area contributed by atoms with Crippen molar-refractivity contribution >= 4 is 28.6 Å². The van der Waals surface area contributed by atoms with E-state index in [1.807, 2.05) is 18.2 Å². The van der Waals surface area contributed by atoms with Crippen molar-refractivity contribution in [1.29, 1.82) is 0 Å². The van der Waals surface area contributed by atoms with Gasteiger partial charge in [0.2, 0.25) is 0 Å². The van der Waals surface area contributed by atoms with Crippen molar-refractivity contribution < 1.29 is 9.90 Å². The van der Waals surface area contributed by atoms with Crippen molar-refractivity contribution in [2.75, 3.05) is 5.73 Å². The Balaban J connectivity index is 2.49. The van der Waals surface area contributed by atoms with Gasteiger partial charge in [-0.05, 0) is 29.2 Å². The molecule has 0 atom stereocenters. The quantitative estimate of drug-likeness (QED) is 0.749. The summed E-state index contributed by atoms with van der Waals surface area (Å²) in [5.41, 5.74) is 6.53. The number of carboxylic acids is 1. The molecule has 4 nitrogen and oxygen atoms in total. The fraction of sp³-hybridized carbons (Fsp3) is 0. The molecule has 0 unspecified atom stereocenters. The smallest absolute Gasteiger partial charge is 0.328 e. The van der Waals surface area contributed by atoms with E-state index in [4.69, 9.17) is 10.8 Å². The molecular formula is C12H10N2O2. The van der Waals surface area contributed by atoms with E-state index in [0.29, 0.717) is 5.82 Å². The van der Waals surface area contributed by atoms with Crippen molar-refractivity contribution in [2.45, 2.75) is 0 Å². The fourth-order valence-corrected chi connectivity index (χ4v) is 1.49. The van der Waals surface area contributed by atoms with Crippen molar-refractivity contribution in [3.63, 3.8) is 0 Å². The van der Waals surface area contributed by atoms with Gasteiger partial charge in [0.25, 0.3) is 0 Å². The van der Waals surface area contributed by atoms with Crippen LogP contribution < -0.4 is 5.73 Å². The van der Waals surface area contributed by atoms with Crippen molar-refractivity contribution in [1.82, 2.24) is 4.98 Å². The number of anilines is 1. The number of carboxylic acid groups (broad SMARTS) is 1. The number of aromatic nitrogens is 1. The number of aliphatic carboxylic acids is 1. The number of nitrogens with two attached hydrogens (primary N) is 1. The van der Waals surface area contributed by atoms with Gasteiger partial charge in [-0.2, -0.15) is 0 Å².